The van der Waals surface area contributed by atoms with E-state index in [1.165, 1.54) is 51.0 Å². The Hall–Kier alpha value is -0.410. The molecular formula is C18H27BrFN. The molecule has 1 unspecified atom stereocenters. The van der Waals surface area contributed by atoms with Crippen molar-refractivity contribution in [2.75, 3.05) is 0 Å². The van der Waals surface area contributed by atoms with Crippen LogP contribution in [0.3, 0.4) is 0 Å². The van der Waals surface area contributed by atoms with Gasteiger partial charge in [0.15, 0.2) is 0 Å². The Kier molecular flexibility index (Phi) is 6.69. The molecule has 0 heterocycles. The van der Waals surface area contributed by atoms with Gasteiger partial charge in [0.25, 0.3) is 0 Å². The van der Waals surface area contributed by atoms with Crippen molar-refractivity contribution in [1.82, 2.24) is 0 Å². The van der Waals surface area contributed by atoms with E-state index >= 15 is 0 Å². The fourth-order valence-electron chi connectivity index (χ4n) is 3.52. The maximum Gasteiger partial charge on any atom is 0.137 e. The standard InChI is InChI=1S/C18H27BrFN/c1-2-3-5-13-8-10-14(11-9-13)17(21)12-15-6-4-7-16(20)18(15)19/h4,6-7,13-14,17H,2-3,5,8-12,21H2,1H3. The number of hydrogen-bond acceptors (Lipinski definition) is 1. The largest absolute Gasteiger partial charge is 0.327 e. The van der Waals surface area contributed by atoms with Gasteiger partial charge in [-0.2, -0.15) is 0 Å². The van der Waals surface area contributed by atoms with Gasteiger partial charge in [-0.3, -0.25) is 0 Å². The van der Waals surface area contributed by atoms with Gasteiger partial charge in [-0.1, -0.05) is 51.2 Å². The summed E-state index contributed by atoms with van der Waals surface area (Å²) in [5.41, 5.74) is 7.40. The highest BCUT2D eigenvalue weighted by Crippen LogP contribution is 2.34. The zero-order chi connectivity index (χ0) is 15.2. The molecule has 0 aliphatic heterocycles. The molecule has 0 radical (unpaired) electrons. The molecule has 1 aliphatic rings. The highest BCUT2D eigenvalue weighted by atomic mass is 79.9. The maximum absolute atomic E-state index is 13.6. The third-order valence-corrected chi connectivity index (χ3v) is 5.84. The fraction of sp³-hybridized carbons (Fsp3) is 0.667. The summed E-state index contributed by atoms with van der Waals surface area (Å²) in [6, 6.07) is 5.37. The van der Waals surface area contributed by atoms with Crippen LogP contribution in [0.2, 0.25) is 0 Å². The van der Waals surface area contributed by atoms with Crippen molar-refractivity contribution >= 4 is 15.9 Å². The first-order valence-corrected chi connectivity index (χ1v) is 9.09. The van der Waals surface area contributed by atoms with Gasteiger partial charge in [-0.05, 0) is 58.7 Å². The highest BCUT2D eigenvalue weighted by molar-refractivity contribution is 9.10. The van der Waals surface area contributed by atoms with Gasteiger partial charge in [-0.25, -0.2) is 4.39 Å². The topological polar surface area (TPSA) is 26.0 Å². The van der Waals surface area contributed by atoms with Gasteiger partial charge in [0, 0.05) is 6.04 Å². The molecule has 0 spiro atoms. The minimum absolute atomic E-state index is 0.148. The molecule has 0 aromatic heterocycles. The average Bonchev–Trinajstić information content (AvgIpc) is 2.50. The van der Waals surface area contributed by atoms with E-state index in [1.807, 2.05) is 6.07 Å². The monoisotopic (exact) mass is 355 g/mol. The minimum atomic E-state index is -0.192. The molecule has 0 bridgehead atoms. The van der Waals surface area contributed by atoms with E-state index in [1.54, 1.807) is 6.07 Å². The molecular weight excluding hydrogens is 329 g/mol. The normalized spacial score (nSPS) is 24.0. The number of unbranched alkanes of at least 4 members (excludes halogenated alkanes) is 1. The van der Waals surface area contributed by atoms with E-state index in [9.17, 15) is 4.39 Å². The summed E-state index contributed by atoms with van der Waals surface area (Å²) >= 11 is 3.34. The molecule has 1 nitrogen and oxygen atoms in total. The molecule has 1 atom stereocenters. The van der Waals surface area contributed by atoms with Crippen LogP contribution in [0.5, 0.6) is 0 Å². The first-order valence-electron chi connectivity index (χ1n) is 8.30. The Morgan fingerprint density at radius 2 is 2.00 bits per heavy atom. The molecule has 1 fully saturated rings. The number of halogens is 2. The minimum Gasteiger partial charge on any atom is -0.327 e. The first-order chi connectivity index (χ1) is 10.1. The summed E-state index contributed by atoms with van der Waals surface area (Å²) in [7, 11) is 0. The maximum atomic E-state index is 13.6. The molecule has 2 rings (SSSR count). The lowest BCUT2D eigenvalue weighted by Crippen LogP contribution is -2.35. The van der Waals surface area contributed by atoms with Gasteiger partial charge in [-0.15, -0.1) is 0 Å². The molecule has 0 amide bonds. The van der Waals surface area contributed by atoms with Gasteiger partial charge in [0.1, 0.15) is 5.82 Å². The molecule has 3 heteroatoms. The lowest BCUT2D eigenvalue weighted by Gasteiger charge is -2.32. The van der Waals surface area contributed by atoms with Crippen LogP contribution in [-0.4, -0.2) is 6.04 Å². The van der Waals surface area contributed by atoms with Crippen LogP contribution in [0.4, 0.5) is 4.39 Å². The molecule has 1 aromatic rings. The highest BCUT2D eigenvalue weighted by Gasteiger charge is 2.25. The predicted molar refractivity (Wildman–Crippen MR) is 90.8 cm³/mol. The first kappa shape index (κ1) is 17.0. The molecule has 1 saturated carbocycles. The van der Waals surface area contributed by atoms with Crippen molar-refractivity contribution < 1.29 is 4.39 Å². The summed E-state index contributed by atoms with van der Waals surface area (Å²) in [5.74, 6) is 1.32. The van der Waals surface area contributed by atoms with E-state index in [4.69, 9.17) is 5.73 Å². The second-order valence-electron chi connectivity index (χ2n) is 6.50. The molecule has 1 aromatic carbocycles. The Morgan fingerprint density at radius 3 is 2.67 bits per heavy atom. The number of nitrogens with two attached hydrogens (primary N) is 1. The number of benzene rings is 1. The second-order valence-corrected chi connectivity index (χ2v) is 7.30. The van der Waals surface area contributed by atoms with Crippen molar-refractivity contribution in [3.8, 4) is 0 Å². The zero-order valence-corrected chi connectivity index (χ0v) is 14.5. The third kappa shape index (κ3) is 4.79. The lowest BCUT2D eigenvalue weighted by atomic mass is 9.76. The van der Waals surface area contributed by atoms with Crippen molar-refractivity contribution in [2.45, 2.75) is 64.3 Å². The summed E-state index contributed by atoms with van der Waals surface area (Å²) in [6.45, 7) is 2.26. The average molecular weight is 356 g/mol. The van der Waals surface area contributed by atoms with Crippen molar-refractivity contribution in [2.24, 2.45) is 17.6 Å². The summed E-state index contributed by atoms with van der Waals surface area (Å²) in [4.78, 5) is 0. The van der Waals surface area contributed by atoms with Crippen molar-refractivity contribution in [3.63, 3.8) is 0 Å². The van der Waals surface area contributed by atoms with E-state index in [0.717, 1.165) is 17.9 Å². The van der Waals surface area contributed by atoms with E-state index in [2.05, 4.69) is 22.9 Å². The number of hydrogen-bond donors (Lipinski definition) is 1. The number of rotatable bonds is 6. The van der Waals surface area contributed by atoms with Gasteiger partial charge in [0.2, 0.25) is 0 Å². The molecule has 0 saturated heterocycles. The van der Waals surface area contributed by atoms with Crippen LogP contribution in [0.25, 0.3) is 0 Å². The van der Waals surface area contributed by atoms with Crippen LogP contribution in [0, 0.1) is 17.7 Å². The Bertz CT molecular complexity index is 441. The summed E-state index contributed by atoms with van der Waals surface area (Å²) in [5, 5.41) is 0. The third-order valence-electron chi connectivity index (χ3n) is 4.95. The second kappa shape index (κ2) is 8.28. The lowest BCUT2D eigenvalue weighted by molar-refractivity contribution is 0.230. The molecule has 1 aliphatic carbocycles. The van der Waals surface area contributed by atoms with Crippen LogP contribution in [0.1, 0.15) is 57.4 Å². The van der Waals surface area contributed by atoms with Gasteiger partial charge >= 0.3 is 0 Å². The zero-order valence-electron chi connectivity index (χ0n) is 13.0. The Morgan fingerprint density at radius 1 is 1.29 bits per heavy atom. The van der Waals surface area contributed by atoms with Crippen molar-refractivity contribution in [3.05, 3.63) is 34.1 Å². The van der Waals surface area contributed by atoms with Crippen LogP contribution < -0.4 is 5.73 Å². The molecule has 2 N–H and O–H groups in total. The molecule has 118 valence electrons. The van der Waals surface area contributed by atoms with Crippen LogP contribution in [0.15, 0.2) is 22.7 Å². The summed E-state index contributed by atoms with van der Waals surface area (Å²) < 4.78 is 14.1. The smallest absolute Gasteiger partial charge is 0.137 e. The van der Waals surface area contributed by atoms with Gasteiger partial charge in [0.05, 0.1) is 4.47 Å². The molecule has 21 heavy (non-hydrogen) atoms. The van der Waals surface area contributed by atoms with E-state index < -0.39 is 0 Å². The summed E-state index contributed by atoms with van der Waals surface area (Å²) in [6.07, 6.45) is 9.93. The van der Waals surface area contributed by atoms with Crippen LogP contribution in [-0.2, 0) is 6.42 Å². The fourth-order valence-corrected chi connectivity index (χ4v) is 3.95. The Labute approximate surface area is 136 Å². The van der Waals surface area contributed by atoms with E-state index in [-0.39, 0.29) is 11.9 Å². The van der Waals surface area contributed by atoms with Crippen molar-refractivity contribution in [1.29, 1.82) is 0 Å². The van der Waals surface area contributed by atoms with Crippen LogP contribution >= 0.6 is 15.9 Å². The SMILES string of the molecule is CCCCC1CCC(C(N)Cc2cccc(F)c2Br)CC1. The van der Waals surface area contributed by atoms with Gasteiger partial charge < -0.3 is 5.73 Å². The predicted octanol–water partition coefficient (Wildman–Crippen LogP) is 5.45. The quantitative estimate of drug-likeness (QED) is 0.720. The Balaban J connectivity index is 1.84. The van der Waals surface area contributed by atoms with E-state index in [0.29, 0.717) is 10.4 Å².